The van der Waals surface area contributed by atoms with Crippen molar-refractivity contribution in [2.24, 2.45) is 0 Å². The van der Waals surface area contributed by atoms with Crippen molar-refractivity contribution in [1.29, 1.82) is 0 Å². The average molecular weight is 542 g/mol. The summed E-state index contributed by atoms with van der Waals surface area (Å²) in [6.45, 7) is 15.1. The van der Waals surface area contributed by atoms with Gasteiger partial charge in [0.2, 0.25) is 5.91 Å². The fourth-order valence-electron chi connectivity index (χ4n) is 4.50. The molecule has 8 heteroatoms. The van der Waals surface area contributed by atoms with Gasteiger partial charge in [-0.15, -0.1) is 6.58 Å². The van der Waals surface area contributed by atoms with Gasteiger partial charge in [-0.25, -0.2) is 9.69 Å². The van der Waals surface area contributed by atoms with E-state index in [1.807, 2.05) is 96.1 Å². The maximum absolute atomic E-state index is 13.7. The number of imide groups is 1. The number of carbonyl (C=O) groups excluding carboxylic acids is 2. The van der Waals surface area contributed by atoms with E-state index in [4.69, 9.17) is 13.8 Å². The minimum atomic E-state index is -3.44. The van der Waals surface area contributed by atoms with Crippen LogP contribution < -0.4 is 0 Å². The largest absolute Gasteiger partial charge is 0.446 e. The van der Waals surface area contributed by atoms with Crippen LogP contribution in [0.15, 0.2) is 67.3 Å². The van der Waals surface area contributed by atoms with E-state index < -0.39 is 30.9 Å². The summed E-state index contributed by atoms with van der Waals surface area (Å²) in [5.74, 6) is -0.471. The Morgan fingerprint density at radius 3 is 2.16 bits per heavy atom. The molecule has 1 aliphatic rings. The van der Waals surface area contributed by atoms with Gasteiger partial charge in [-0.1, -0.05) is 60.7 Å². The van der Waals surface area contributed by atoms with E-state index in [2.05, 4.69) is 6.58 Å². The molecule has 38 heavy (non-hydrogen) atoms. The van der Waals surface area contributed by atoms with E-state index in [1.165, 1.54) is 4.90 Å². The van der Waals surface area contributed by atoms with Gasteiger partial charge >= 0.3 is 13.7 Å². The topological polar surface area (TPSA) is 82.1 Å². The highest BCUT2D eigenvalue weighted by molar-refractivity contribution is 7.53. The second-order valence-corrected chi connectivity index (χ2v) is 13.5. The normalized spacial score (nSPS) is 17.3. The predicted molar refractivity (Wildman–Crippen MR) is 149 cm³/mol. The van der Waals surface area contributed by atoms with Gasteiger partial charge in [0, 0.05) is 6.42 Å². The Kier molecular flexibility index (Phi) is 9.40. The number of benzene rings is 2. The summed E-state index contributed by atoms with van der Waals surface area (Å²) >= 11 is 0. The Morgan fingerprint density at radius 1 is 1.05 bits per heavy atom. The van der Waals surface area contributed by atoms with Crippen molar-refractivity contribution in [2.45, 2.75) is 83.7 Å². The van der Waals surface area contributed by atoms with Crippen molar-refractivity contribution in [3.8, 4) is 0 Å². The quantitative estimate of drug-likeness (QED) is 0.226. The van der Waals surface area contributed by atoms with Gasteiger partial charge in [-0.3, -0.25) is 9.36 Å². The summed E-state index contributed by atoms with van der Waals surface area (Å²) < 4.78 is 30.7. The van der Waals surface area contributed by atoms with E-state index in [-0.39, 0.29) is 31.0 Å². The molecule has 206 valence electrons. The Hall–Kier alpha value is -2.73. The van der Waals surface area contributed by atoms with E-state index in [1.54, 1.807) is 6.08 Å². The Bertz CT molecular complexity index is 1140. The van der Waals surface area contributed by atoms with Gasteiger partial charge < -0.3 is 13.8 Å². The van der Waals surface area contributed by atoms with Gasteiger partial charge in [0.1, 0.15) is 12.6 Å². The molecule has 0 unspecified atom stereocenters. The molecule has 1 aliphatic heterocycles. The number of rotatable bonds is 10. The highest BCUT2D eigenvalue weighted by Gasteiger charge is 2.39. The van der Waals surface area contributed by atoms with Gasteiger partial charge in [0.05, 0.1) is 17.4 Å². The molecule has 2 amide bonds. The third-order valence-corrected chi connectivity index (χ3v) is 8.26. The SMILES string of the molecule is C=CC[C@H](CC(=O)N1C(=O)OC[C@@H]1c1ccccc1)c1ccc(CP(=O)(OC(C)(C)C)OC(C)(C)C)cc1. The Balaban J connectivity index is 1.77. The first-order valence-electron chi connectivity index (χ1n) is 12.9. The molecule has 2 aromatic carbocycles. The molecule has 2 aromatic rings. The van der Waals surface area contributed by atoms with Crippen LogP contribution in [0.3, 0.4) is 0 Å². The van der Waals surface area contributed by atoms with Crippen molar-refractivity contribution in [3.05, 3.63) is 83.9 Å². The number of carbonyl (C=O) groups is 2. The second kappa shape index (κ2) is 12.0. The number of hydrogen-bond acceptors (Lipinski definition) is 6. The third-order valence-electron chi connectivity index (χ3n) is 5.85. The number of ether oxygens (including phenoxy) is 1. The van der Waals surface area contributed by atoms with Gasteiger partial charge in [-0.2, -0.15) is 0 Å². The molecule has 1 fully saturated rings. The van der Waals surface area contributed by atoms with Crippen LogP contribution in [0.4, 0.5) is 4.79 Å². The van der Waals surface area contributed by atoms with E-state index >= 15 is 0 Å². The minimum Gasteiger partial charge on any atom is -0.446 e. The van der Waals surface area contributed by atoms with Crippen molar-refractivity contribution in [2.75, 3.05) is 6.61 Å². The summed E-state index contributed by atoms with van der Waals surface area (Å²) in [6.07, 6.45) is 1.96. The van der Waals surface area contributed by atoms with Crippen molar-refractivity contribution < 1.29 is 27.9 Å². The molecule has 1 saturated heterocycles. The van der Waals surface area contributed by atoms with Gasteiger partial charge in [0.15, 0.2) is 0 Å². The summed E-state index contributed by atoms with van der Waals surface area (Å²) in [6, 6.07) is 16.6. The lowest BCUT2D eigenvalue weighted by Gasteiger charge is -2.32. The summed E-state index contributed by atoms with van der Waals surface area (Å²) in [7, 11) is -3.44. The van der Waals surface area contributed by atoms with Crippen molar-refractivity contribution in [1.82, 2.24) is 4.90 Å². The number of amides is 2. The Morgan fingerprint density at radius 2 is 1.63 bits per heavy atom. The highest BCUT2D eigenvalue weighted by atomic mass is 31.2. The zero-order valence-corrected chi connectivity index (χ0v) is 24.2. The molecule has 0 aromatic heterocycles. The number of hydrogen-bond donors (Lipinski definition) is 0. The number of cyclic esters (lactones) is 1. The van der Waals surface area contributed by atoms with Crippen LogP contribution in [0.5, 0.6) is 0 Å². The van der Waals surface area contributed by atoms with Crippen LogP contribution in [0, 0.1) is 0 Å². The first-order chi connectivity index (χ1) is 17.7. The van der Waals surface area contributed by atoms with Crippen molar-refractivity contribution >= 4 is 19.6 Å². The van der Waals surface area contributed by atoms with Crippen LogP contribution in [-0.4, -0.2) is 34.7 Å². The lowest BCUT2D eigenvalue weighted by Crippen LogP contribution is -2.35. The first kappa shape index (κ1) is 29.8. The first-order valence-corrected chi connectivity index (χ1v) is 14.7. The molecule has 0 radical (unpaired) electrons. The number of allylic oxidation sites excluding steroid dienone is 1. The molecule has 2 atom stereocenters. The third kappa shape index (κ3) is 8.39. The second-order valence-electron chi connectivity index (χ2n) is 11.6. The Labute approximate surface area is 226 Å². The molecule has 7 nitrogen and oxygen atoms in total. The summed E-state index contributed by atoms with van der Waals surface area (Å²) in [4.78, 5) is 27.0. The molecule has 0 bridgehead atoms. The maximum atomic E-state index is 13.7. The number of nitrogens with zero attached hydrogens (tertiary/aromatic N) is 1. The van der Waals surface area contributed by atoms with Gasteiger partial charge in [-0.05, 0) is 70.6 Å². The molecule has 0 saturated carbocycles. The molecular formula is C30H40NO6P. The predicted octanol–water partition coefficient (Wildman–Crippen LogP) is 7.78. The van der Waals surface area contributed by atoms with Crippen molar-refractivity contribution in [3.63, 3.8) is 0 Å². The lowest BCUT2D eigenvalue weighted by molar-refractivity contribution is -0.129. The fraction of sp³-hybridized carbons (Fsp3) is 0.467. The zero-order chi connectivity index (χ0) is 28.1. The maximum Gasteiger partial charge on any atom is 0.417 e. The minimum absolute atomic E-state index is 0.128. The van der Waals surface area contributed by atoms with E-state index in [0.717, 1.165) is 16.7 Å². The highest BCUT2D eigenvalue weighted by Crippen LogP contribution is 2.57. The fourth-order valence-corrected chi connectivity index (χ4v) is 7.00. The monoisotopic (exact) mass is 541 g/mol. The molecule has 0 N–H and O–H groups in total. The average Bonchev–Trinajstić information content (AvgIpc) is 3.18. The molecule has 1 heterocycles. The van der Waals surface area contributed by atoms with Crippen LogP contribution in [0.2, 0.25) is 0 Å². The molecular weight excluding hydrogens is 501 g/mol. The van der Waals surface area contributed by atoms with E-state index in [9.17, 15) is 14.2 Å². The summed E-state index contributed by atoms with van der Waals surface area (Å²) in [5, 5.41) is 0. The van der Waals surface area contributed by atoms with Crippen LogP contribution in [0.25, 0.3) is 0 Å². The van der Waals surface area contributed by atoms with Gasteiger partial charge in [0.25, 0.3) is 0 Å². The standard InChI is InChI=1S/C30H40NO6P/c1-8-12-25(19-27(32)31-26(20-35-28(31)33)24-13-10-9-11-14-24)23-17-15-22(16-18-23)21-38(34,36-29(2,3)4)37-30(5,6)7/h8-11,13-18,25-26H,1,12,19-21H2,2-7H3/t25-,26-/m1/s1. The van der Waals surface area contributed by atoms with Crippen LogP contribution in [-0.2, 0) is 29.3 Å². The van der Waals surface area contributed by atoms with Crippen LogP contribution in [0.1, 0.15) is 83.0 Å². The molecule has 3 rings (SSSR count). The molecule has 0 aliphatic carbocycles. The smallest absolute Gasteiger partial charge is 0.417 e. The lowest BCUT2D eigenvalue weighted by atomic mass is 9.91. The van der Waals surface area contributed by atoms with Crippen LogP contribution >= 0.6 is 7.60 Å². The van der Waals surface area contributed by atoms with E-state index in [0.29, 0.717) is 6.42 Å². The zero-order valence-electron chi connectivity index (χ0n) is 23.3. The summed E-state index contributed by atoms with van der Waals surface area (Å²) in [5.41, 5.74) is 1.32. The molecule has 0 spiro atoms.